The highest BCUT2D eigenvalue weighted by atomic mass is 19.1. The van der Waals surface area contributed by atoms with Crippen molar-refractivity contribution in [2.75, 3.05) is 13.1 Å². The molecule has 4 N–H and O–H groups in total. The lowest BCUT2D eigenvalue weighted by Crippen LogP contribution is -2.40. The second kappa shape index (κ2) is 8.02. The molecule has 1 aromatic rings. The fourth-order valence-electron chi connectivity index (χ4n) is 1.56. The van der Waals surface area contributed by atoms with Crippen LogP contribution in [0.25, 0.3) is 0 Å². The number of nitrogens with two attached hydrogens (primary N) is 1. The van der Waals surface area contributed by atoms with Crippen molar-refractivity contribution in [3.8, 4) is 11.8 Å². The van der Waals surface area contributed by atoms with Gasteiger partial charge in [0.1, 0.15) is 5.82 Å². The molecule has 0 aliphatic heterocycles. The van der Waals surface area contributed by atoms with Crippen LogP contribution in [0.2, 0.25) is 0 Å². The summed E-state index contributed by atoms with van der Waals surface area (Å²) in [5, 5.41) is 4.98. The molecule has 5 nitrogen and oxygen atoms in total. The van der Waals surface area contributed by atoms with Crippen LogP contribution >= 0.6 is 0 Å². The predicted molar refractivity (Wildman–Crippen MR) is 77.9 cm³/mol. The summed E-state index contributed by atoms with van der Waals surface area (Å²) in [6.45, 7) is 3.57. The summed E-state index contributed by atoms with van der Waals surface area (Å²) in [4.78, 5) is 23.3. The van der Waals surface area contributed by atoms with Gasteiger partial charge >= 0.3 is 0 Å². The van der Waals surface area contributed by atoms with Gasteiger partial charge in [0.25, 0.3) is 5.91 Å². The molecule has 0 unspecified atom stereocenters. The number of hydrogen-bond acceptors (Lipinski definition) is 3. The normalized spacial score (nSPS) is 9.76. The highest BCUT2D eigenvalue weighted by Gasteiger charge is 2.13. The lowest BCUT2D eigenvalue weighted by atomic mass is 10.1. The topological polar surface area (TPSA) is 84.2 Å². The zero-order valence-electron chi connectivity index (χ0n) is 12.0. The highest BCUT2D eigenvalue weighted by molar-refractivity contribution is 5.97. The van der Waals surface area contributed by atoms with Gasteiger partial charge in [-0.05, 0) is 32.0 Å². The maximum atomic E-state index is 13.6. The van der Waals surface area contributed by atoms with E-state index in [4.69, 9.17) is 5.73 Å². The first-order chi connectivity index (χ1) is 9.93. The Morgan fingerprint density at radius 2 is 2.10 bits per heavy atom. The van der Waals surface area contributed by atoms with Crippen LogP contribution in [0.4, 0.5) is 4.39 Å². The van der Waals surface area contributed by atoms with Crippen molar-refractivity contribution in [1.82, 2.24) is 10.6 Å². The van der Waals surface area contributed by atoms with Gasteiger partial charge in [-0.3, -0.25) is 9.59 Å². The molecule has 0 bridgehead atoms. The average Bonchev–Trinajstić information content (AvgIpc) is 2.43. The molecular formula is C15H18FN3O2. The van der Waals surface area contributed by atoms with Gasteiger partial charge in [0.15, 0.2) is 0 Å². The van der Waals surface area contributed by atoms with E-state index >= 15 is 0 Å². The molecular weight excluding hydrogens is 273 g/mol. The quantitative estimate of drug-likeness (QED) is 0.702. The van der Waals surface area contributed by atoms with Crippen LogP contribution in [0.1, 0.15) is 29.8 Å². The summed E-state index contributed by atoms with van der Waals surface area (Å²) in [6, 6.07) is 3.92. The maximum Gasteiger partial charge on any atom is 0.254 e. The van der Waals surface area contributed by atoms with Crippen molar-refractivity contribution in [3.05, 3.63) is 35.1 Å². The van der Waals surface area contributed by atoms with Gasteiger partial charge < -0.3 is 16.4 Å². The van der Waals surface area contributed by atoms with Gasteiger partial charge in [-0.1, -0.05) is 11.8 Å². The zero-order chi connectivity index (χ0) is 15.8. The Balaban J connectivity index is 2.75. The number of carbonyl (C=O) groups is 2. The molecule has 0 radical (unpaired) electrons. The van der Waals surface area contributed by atoms with E-state index in [9.17, 15) is 14.0 Å². The van der Waals surface area contributed by atoms with Crippen molar-refractivity contribution in [1.29, 1.82) is 0 Å². The number of carbonyl (C=O) groups excluding carboxylic acids is 2. The molecule has 1 aromatic carbocycles. The van der Waals surface area contributed by atoms with Crippen LogP contribution in [-0.2, 0) is 4.79 Å². The van der Waals surface area contributed by atoms with E-state index in [1.54, 1.807) is 13.8 Å². The smallest absolute Gasteiger partial charge is 0.254 e. The van der Waals surface area contributed by atoms with Gasteiger partial charge in [-0.15, -0.1) is 0 Å². The molecule has 0 fully saturated rings. The second-order valence-electron chi connectivity index (χ2n) is 4.61. The monoisotopic (exact) mass is 291 g/mol. The molecule has 6 heteroatoms. The Hall–Kier alpha value is -2.39. The van der Waals surface area contributed by atoms with E-state index in [1.807, 2.05) is 0 Å². The minimum Gasteiger partial charge on any atom is -0.352 e. The minimum absolute atomic E-state index is 0.0268. The minimum atomic E-state index is -0.671. The van der Waals surface area contributed by atoms with Gasteiger partial charge in [-0.2, -0.15) is 0 Å². The van der Waals surface area contributed by atoms with Crippen LogP contribution in [0.3, 0.4) is 0 Å². The molecule has 0 heterocycles. The first-order valence-electron chi connectivity index (χ1n) is 6.50. The molecule has 0 spiro atoms. The highest BCUT2D eigenvalue weighted by Crippen LogP contribution is 2.09. The summed E-state index contributed by atoms with van der Waals surface area (Å²) in [5.41, 5.74) is 5.58. The van der Waals surface area contributed by atoms with Crippen molar-refractivity contribution in [2.24, 2.45) is 5.73 Å². The van der Waals surface area contributed by atoms with E-state index in [2.05, 4.69) is 22.5 Å². The number of benzene rings is 1. The summed E-state index contributed by atoms with van der Waals surface area (Å²) >= 11 is 0. The van der Waals surface area contributed by atoms with Gasteiger partial charge in [-0.25, -0.2) is 4.39 Å². The Bertz CT molecular complexity index is 588. The number of halogens is 1. The van der Waals surface area contributed by atoms with Gasteiger partial charge in [0.05, 0.1) is 18.7 Å². The van der Waals surface area contributed by atoms with Crippen molar-refractivity contribution >= 4 is 11.8 Å². The fourth-order valence-corrected chi connectivity index (χ4v) is 1.56. The summed E-state index contributed by atoms with van der Waals surface area (Å²) in [7, 11) is 0. The van der Waals surface area contributed by atoms with Crippen molar-refractivity contribution in [3.63, 3.8) is 0 Å². The van der Waals surface area contributed by atoms with Crippen LogP contribution in [-0.4, -0.2) is 30.9 Å². The third-order valence-corrected chi connectivity index (χ3v) is 2.40. The van der Waals surface area contributed by atoms with Gasteiger partial charge in [0, 0.05) is 11.6 Å². The van der Waals surface area contributed by atoms with Crippen molar-refractivity contribution < 1.29 is 14.0 Å². The summed E-state index contributed by atoms with van der Waals surface area (Å²) in [6.07, 6.45) is 0. The lowest BCUT2D eigenvalue weighted by molar-refractivity contribution is -0.120. The van der Waals surface area contributed by atoms with Crippen molar-refractivity contribution in [2.45, 2.75) is 19.9 Å². The summed E-state index contributed by atoms with van der Waals surface area (Å²) < 4.78 is 13.6. The van der Waals surface area contributed by atoms with E-state index in [-0.39, 0.29) is 30.6 Å². The Labute approximate surface area is 123 Å². The SMILES string of the molecule is CC(C)NC(=O)CNC(=O)c1cc(C#CCN)ccc1F. The van der Waals surface area contributed by atoms with E-state index < -0.39 is 11.7 Å². The standard InChI is InChI=1S/C15H18FN3O2/c1-10(2)19-14(20)9-18-15(21)12-8-11(4-3-7-17)5-6-13(12)16/h5-6,8,10H,7,9,17H2,1-2H3,(H,18,21)(H,19,20). The molecule has 2 amide bonds. The van der Waals surface area contributed by atoms with Crippen LogP contribution < -0.4 is 16.4 Å². The number of nitrogens with one attached hydrogen (secondary N) is 2. The first-order valence-corrected chi connectivity index (χ1v) is 6.50. The van der Waals surface area contributed by atoms with E-state index in [0.717, 1.165) is 6.07 Å². The Morgan fingerprint density at radius 1 is 1.38 bits per heavy atom. The van der Waals surface area contributed by atoms with Crippen LogP contribution in [0.15, 0.2) is 18.2 Å². The third-order valence-electron chi connectivity index (χ3n) is 2.40. The van der Waals surface area contributed by atoms with E-state index in [0.29, 0.717) is 5.56 Å². The molecule has 0 aliphatic carbocycles. The van der Waals surface area contributed by atoms with Crippen LogP contribution in [0.5, 0.6) is 0 Å². The lowest BCUT2D eigenvalue weighted by Gasteiger charge is -2.09. The largest absolute Gasteiger partial charge is 0.352 e. The Kier molecular flexibility index (Phi) is 6.37. The predicted octanol–water partition coefficient (Wildman–Crippen LogP) is 0.390. The number of amides is 2. The number of hydrogen-bond donors (Lipinski definition) is 3. The average molecular weight is 291 g/mol. The molecule has 0 saturated carbocycles. The van der Waals surface area contributed by atoms with Gasteiger partial charge in [0.2, 0.25) is 5.91 Å². The molecule has 21 heavy (non-hydrogen) atoms. The van der Waals surface area contributed by atoms with E-state index in [1.165, 1.54) is 12.1 Å². The molecule has 112 valence electrons. The zero-order valence-corrected chi connectivity index (χ0v) is 12.0. The second-order valence-corrected chi connectivity index (χ2v) is 4.61. The summed E-state index contributed by atoms with van der Waals surface area (Å²) in [5.74, 6) is 3.67. The molecule has 0 aromatic heterocycles. The molecule has 0 atom stereocenters. The Morgan fingerprint density at radius 3 is 2.71 bits per heavy atom. The maximum absolute atomic E-state index is 13.6. The first kappa shape index (κ1) is 16.7. The number of rotatable bonds is 4. The molecule has 0 aliphatic rings. The van der Waals surface area contributed by atoms with Crippen LogP contribution in [0, 0.1) is 17.7 Å². The third kappa shape index (κ3) is 5.63. The molecule has 1 rings (SSSR count). The fraction of sp³-hybridized carbons (Fsp3) is 0.333. The molecule has 0 saturated heterocycles.